The van der Waals surface area contributed by atoms with Crippen LogP contribution in [0.5, 0.6) is 0 Å². The average Bonchev–Trinajstić information content (AvgIpc) is 2.76. The van der Waals surface area contributed by atoms with E-state index in [0.717, 1.165) is 16.3 Å². The number of fused-ring (bicyclic) bond motifs is 1. The first-order chi connectivity index (χ1) is 15.3. The summed E-state index contributed by atoms with van der Waals surface area (Å²) >= 11 is 12.7. The minimum Gasteiger partial charge on any atom is -0.352 e. The van der Waals surface area contributed by atoms with Crippen molar-refractivity contribution < 1.29 is 9.59 Å². The fourth-order valence-corrected chi connectivity index (χ4v) is 4.25. The van der Waals surface area contributed by atoms with Crippen molar-refractivity contribution in [3.8, 4) is 0 Å². The lowest BCUT2D eigenvalue weighted by molar-refractivity contribution is -0.140. The van der Waals surface area contributed by atoms with Crippen LogP contribution < -0.4 is 5.32 Å². The summed E-state index contributed by atoms with van der Waals surface area (Å²) in [7, 11) is 0. The van der Waals surface area contributed by atoms with Crippen LogP contribution in [0.2, 0.25) is 10.0 Å². The van der Waals surface area contributed by atoms with Crippen molar-refractivity contribution in [2.24, 2.45) is 0 Å². The second kappa shape index (κ2) is 10.8. The summed E-state index contributed by atoms with van der Waals surface area (Å²) in [6.45, 7) is 5.68. The van der Waals surface area contributed by atoms with Crippen LogP contribution in [0.15, 0.2) is 60.7 Å². The fourth-order valence-electron chi connectivity index (χ4n) is 3.74. The van der Waals surface area contributed by atoms with E-state index in [-0.39, 0.29) is 30.8 Å². The normalized spacial score (nSPS) is 12.1. The van der Waals surface area contributed by atoms with Crippen LogP contribution in [0.1, 0.15) is 38.3 Å². The Bertz CT molecular complexity index is 1090. The molecule has 0 bridgehead atoms. The zero-order chi connectivity index (χ0) is 23.3. The number of rotatable bonds is 8. The van der Waals surface area contributed by atoms with E-state index < -0.39 is 6.04 Å². The quantitative estimate of drug-likeness (QED) is 0.437. The molecule has 1 N–H and O–H groups in total. The fraction of sp³-hybridized carbons (Fsp3) is 0.308. The molecule has 4 nitrogen and oxygen atoms in total. The minimum absolute atomic E-state index is 0.0264. The number of carbonyl (C=O) groups is 2. The number of benzene rings is 3. The number of hydrogen-bond donors (Lipinski definition) is 1. The van der Waals surface area contributed by atoms with Gasteiger partial charge in [0.25, 0.3) is 0 Å². The number of nitrogens with zero attached hydrogens (tertiary/aromatic N) is 1. The molecule has 0 fully saturated rings. The molecule has 0 aromatic heterocycles. The highest BCUT2D eigenvalue weighted by atomic mass is 35.5. The van der Waals surface area contributed by atoms with Gasteiger partial charge < -0.3 is 10.2 Å². The third-order valence-corrected chi connectivity index (χ3v) is 6.18. The van der Waals surface area contributed by atoms with Gasteiger partial charge >= 0.3 is 0 Å². The summed E-state index contributed by atoms with van der Waals surface area (Å²) < 4.78 is 0. The van der Waals surface area contributed by atoms with E-state index in [0.29, 0.717) is 22.0 Å². The molecular weight excluding hydrogens is 443 g/mol. The molecule has 0 saturated carbocycles. The molecule has 0 aliphatic heterocycles. The van der Waals surface area contributed by atoms with Gasteiger partial charge in [0.2, 0.25) is 11.8 Å². The number of nitrogens with one attached hydrogen (secondary N) is 1. The predicted molar refractivity (Wildman–Crippen MR) is 132 cm³/mol. The molecule has 32 heavy (non-hydrogen) atoms. The topological polar surface area (TPSA) is 49.4 Å². The van der Waals surface area contributed by atoms with Gasteiger partial charge in [0.15, 0.2) is 0 Å². The van der Waals surface area contributed by atoms with Gasteiger partial charge in [-0.15, -0.1) is 0 Å². The van der Waals surface area contributed by atoms with Gasteiger partial charge in [-0.1, -0.05) is 71.7 Å². The standard InChI is InChI=1S/C26H28Cl2N2O2/c1-17(2)29-26(32)18(3)30(16-22-23(27)12-7-13-24(22)28)25(31)15-14-20-10-6-9-19-8-4-5-11-21(19)20/h4-13,17-18H,14-16H2,1-3H3,(H,29,32)/t18-/m1/s1. The van der Waals surface area contributed by atoms with Crippen LogP contribution in [0, 0.1) is 0 Å². The van der Waals surface area contributed by atoms with E-state index in [9.17, 15) is 9.59 Å². The molecule has 3 aromatic rings. The number of amides is 2. The second-order valence-corrected chi connectivity index (χ2v) is 9.01. The van der Waals surface area contributed by atoms with E-state index >= 15 is 0 Å². The van der Waals surface area contributed by atoms with Crippen LogP contribution in [0.25, 0.3) is 10.8 Å². The van der Waals surface area contributed by atoms with E-state index in [2.05, 4.69) is 23.5 Å². The lowest BCUT2D eigenvalue weighted by Crippen LogP contribution is -2.49. The first-order valence-electron chi connectivity index (χ1n) is 10.8. The molecule has 3 rings (SSSR count). The van der Waals surface area contributed by atoms with Gasteiger partial charge in [-0.05, 0) is 55.7 Å². The van der Waals surface area contributed by atoms with Gasteiger partial charge in [-0.25, -0.2) is 0 Å². The summed E-state index contributed by atoms with van der Waals surface area (Å²) in [5, 5.41) is 6.11. The predicted octanol–water partition coefficient (Wildman–Crippen LogP) is 6.02. The van der Waals surface area contributed by atoms with E-state index in [4.69, 9.17) is 23.2 Å². The highest BCUT2D eigenvalue weighted by Crippen LogP contribution is 2.27. The van der Waals surface area contributed by atoms with Gasteiger partial charge in [0.05, 0.1) is 0 Å². The lowest BCUT2D eigenvalue weighted by atomic mass is 10.0. The third-order valence-electron chi connectivity index (χ3n) is 5.48. The number of carbonyl (C=O) groups excluding carboxylic acids is 2. The smallest absolute Gasteiger partial charge is 0.242 e. The molecule has 0 radical (unpaired) electrons. The van der Waals surface area contributed by atoms with Crippen molar-refractivity contribution >= 4 is 45.8 Å². The second-order valence-electron chi connectivity index (χ2n) is 8.20. The lowest BCUT2D eigenvalue weighted by Gasteiger charge is -2.30. The molecule has 3 aromatic carbocycles. The monoisotopic (exact) mass is 470 g/mol. The highest BCUT2D eigenvalue weighted by molar-refractivity contribution is 6.36. The van der Waals surface area contributed by atoms with E-state index in [1.807, 2.05) is 38.1 Å². The van der Waals surface area contributed by atoms with Crippen molar-refractivity contribution in [3.05, 3.63) is 81.8 Å². The average molecular weight is 471 g/mol. The van der Waals surface area contributed by atoms with Crippen LogP contribution >= 0.6 is 23.2 Å². The maximum absolute atomic E-state index is 13.4. The molecule has 0 aliphatic rings. The largest absolute Gasteiger partial charge is 0.352 e. The Morgan fingerprint density at radius 3 is 2.22 bits per heavy atom. The summed E-state index contributed by atoms with van der Waals surface area (Å²) in [6.07, 6.45) is 0.848. The van der Waals surface area contributed by atoms with Crippen molar-refractivity contribution in [1.82, 2.24) is 10.2 Å². The first-order valence-corrected chi connectivity index (χ1v) is 11.5. The van der Waals surface area contributed by atoms with Gasteiger partial charge in [0.1, 0.15) is 6.04 Å². The Balaban J connectivity index is 1.84. The van der Waals surface area contributed by atoms with Crippen molar-refractivity contribution in [3.63, 3.8) is 0 Å². The van der Waals surface area contributed by atoms with E-state index in [1.165, 1.54) is 0 Å². The molecule has 0 aliphatic carbocycles. The van der Waals surface area contributed by atoms with Gasteiger partial charge in [-0.2, -0.15) is 0 Å². The maximum Gasteiger partial charge on any atom is 0.242 e. The molecule has 2 amide bonds. The van der Waals surface area contributed by atoms with Gasteiger partial charge in [0, 0.05) is 34.6 Å². The van der Waals surface area contributed by atoms with Crippen molar-refractivity contribution in [1.29, 1.82) is 0 Å². The highest BCUT2D eigenvalue weighted by Gasteiger charge is 2.27. The first kappa shape index (κ1) is 24.1. The molecule has 0 spiro atoms. The number of aryl methyl sites for hydroxylation is 1. The van der Waals surface area contributed by atoms with Crippen molar-refractivity contribution in [2.45, 2.75) is 52.2 Å². The minimum atomic E-state index is -0.662. The summed E-state index contributed by atoms with van der Waals surface area (Å²) in [5.41, 5.74) is 1.74. The molecule has 0 saturated heterocycles. The van der Waals surface area contributed by atoms with Gasteiger partial charge in [-0.3, -0.25) is 9.59 Å². The summed E-state index contributed by atoms with van der Waals surface area (Å²) in [6, 6.07) is 18.8. The Morgan fingerprint density at radius 2 is 1.53 bits per heavy atom. The van der Waals surface area contributed by atoms with E-state index in [1.54, 1.807) is 30.0 Å². The molecule has 168 valence electrons. The van der Waals surface area contributed by atoms with Crippen LogP contribution in [-0.2, 0) is 22.6 Å². The van der Waals surface area contributed by atoms with Crippen molar-refractivity contribution in [2.75, 3.05) is 0 Å². The molecule has 0 unspecified atom stereocenters. The molecule has 1 atom stereocenters. The Labute approximate surface area is 199 Å². The van der Waals surface area contributed by atoms with Crippen LogP contribution in [-0.4, -0.2) is 28.8 Å². The zero-order valence-corrected chi connectivity index (χ0v) is 20.1. The zero-order valence-electron chi connectivity index (χ0n) is 18.6. The summed E-state index contributed by atoms with van der Waals surface area (Å²) in [4.78, 5) is 27.7. The Morgan fingerprint density at radius 1 is 0.906 bits per heavy atom. The number of hydrogen-bond acceptors (Lipinski definition) is 2. The Hall–Kier alpha value is -2.56. The third kappa shape index (κ3) is 5.81. The SMILES string of the molecule is CC(C)NC(=O)[C@@H](C)N(Cc1c(Cl)cccc1Cl)C(=O)CCc1cccc2ccccc12. The Kier molecular flexibility index (Phi) is 8.16. The molecule has 0 heterocycles. The molecular formula is C26H28Cl2N2O2. The summed E-state index contributed by atoms with van der Waals surface area (Å²) in [5.74, 6) is -0.331. The number of halogens is 2. The van der Waals surface area contributed by atoms with Crippen LogP contribution in [0.4, 0.5) is 0 Å². The maximum atomic E-state index is 13.4. The van der Waals surface area contributed by atoms with Crippen LogP contribution in [0.3, 0.4) is 0 Å². The molecule has 6 heteroatoms.